The Hall–Kier alpha value is -2.28. The van der Waals surface area contributed by atoms with Crippen LogP contribution in [0.4, 0.5) is 5.13 Å². The summed E-state index contributed by atoms with van der Waals surface area (Å²) in [5.41, 5.74) is 2.41. The molecule has 114 valence electrons. The van der Waals surface area contributed by atoms with Gasteiger partial charge in [-0.1, -0.05) is 19.0 Å². The van der Waals surface area contributed by atoms with Gasteiger partial charge in [0, 0.05) is 24.3 Å². The molecule has 0 atom stereocenters. The second-order valence-corrected chi connectivity index (χ2v) is 6.25. The maximum absolute atomic E-state index is 12.9. The fourth-order valence-electron chi connectivity index (χ4n) is 2.23. The number of amides is 1. The van der Waals surface area contributed by atoms with Crippen molar-refractivity contribution in [2.45, 2.75) is 26.7 Å². The van der Waals surface area contributed by atoms with Crippen LogP contribution >= 0.6 is 11.3 Å². The Balaban J connectivity index is 2.16. The van der Waals surface area contributed by atoms with Crippen LogP contribution in [0.1, 0.15) is 41.5 Å². The second-order valence-electron chi connectivity index (χ2n) is 5.38. The van der Waals surface area contributed by atoms with Gasteiger partial charge in [-0.25, -0.2) is 9.97 Å². The molecule has 3 aromatic heterocycles. The second kappa shape index (κ2) is 5.49. The molecule has 6 nitrogen and oxygen atoms in total. The van der Waals surface area contributed by atoms with Gasteiger partial charge >= 0.3 is 0 Å². The molecule has 3 aromatic rings. The molecular formula is C15H16N4O2S. The highest BCUT2D eigenvalue weighted by Crippen LogP contribution is 2.27. The molecule has 22 heavy (non-hydrogen) atoms. The number of carbonyl (C=O) groups excluding carboxylic acids is 1. The van der Waals surface area contributed by atoms with E-state index in [2.05, 4.69) is 15.1 Å². The van der Waals surface area contributed by atoms with E-state index < -0.39 is 0 Å². The normalized spacial score (nSPS) is 11.3. The van der Waals surface area contributed by atoms with Crippen LogP contribution in [0.15, 0.2) is 22.2 Å². The van der Waals surface area contributed by atoms with Crippen molar-refractivity contribution >= 4 is 33.5 Å². The summed E-state index contributed by atoms with van der Waals surface area (Å²) in [5, 5.41) is 7.09. The van der Waals surface area contributed by atoms with Gasteiger partial charge in [-0.2, -0.15) is 0 Å². The minimum atomic E-state index is -0.143. The number of fused-ring (bicyclic) bond motifs is 1. The zero-order valence-corrected chi connectivity index (χ0v) is 13.6. The van der Waals surface area contributed by atoms with Crippen molar-refractivity contribution in [3.63, 3.8) is 0 Å². The van der Waals surface area contributed by atoms with Gasteiger partial charge in [0.25, 0.3) is 11.6 Å². The van der Waals surface area contributed by atoms with Gasteiger partial charge in [-0.05, 0) is 18.9 Å². The van der Waals surface area contributed by atoms with Crippen molar-refractivity contribution in [2.75, 3.05) is 11.9 Å². The van der Waals surface area contributed by atoms with Crippen LogP contribution in [0.3, 0.4) is 0 Å². The molecule has 0 saturated heterocycles. The number of nitrogens with zero attached hydrogens (tertiary/aromatic N) is 4. The number of hydrogen-bond acceptors (Lipinski definition) is 6. The summed E-state index contributed by atoms with van der Waals surface area (Å²) in [6, 6.07) is 1.82. The van der Waals surface area contributed by atoms with Gasteiger partial charge in [-0.3, -0.25) is 9.69 Å². The first-order chi connectivity index (χ1) is 10.5. The third kappa shape index (κ3) is 2.37. The molecule has 7 heteroatoms. The van der Waals surface area contributed by atoms with Crippen molar-refractivity contribution in [3.8, 4) is 0 Å². The fraction of sp³-hybridized carbons (Fsp3) is 0.333. The van der Waals surface area contributed by atoms with Crippen LogP contribution in [-0.2, 0) is 0 Å². The monoisotopic (exact) mass is 316 g/mol. The minimum absolute atomic E-state index is 0.143. The Labute approximate surface area is 131 Å². The predicted molar refractivity (Wildman–Crippen MR) is 85.5 cm³/mol. The summed E-state index contributed by atoms with van der Waals surface area (Å²) in [6.07, 6.45) is 1.68. The summed E-state index contributed by atoms with van der Waals surface area (Å²) in [5.74, 6) is 0.0436. The summed E-state index contributed by atoms with van der Waals surface area (Å²) in [4.78, 5) is 23.0. The Morgan fingerprint density at radius 3 is 2.82 bits per heavy atom. The lowest BCUT2D eigenvalue weighted by Crippen LogP contribution is -2.26. The number of hydrogen-bond donors (Lipinski definition) is 0. The molecule has 0 aliphatic rings. The van der Waals surface area contributed by atoms with Crippen LogP contribution in [-0.4, -0.2) is 28.1 Å². The molecule has 0 bridgehead atoms. The van der Waals surface area contributed by atoms with Crippen molar-refractivity contribution < 1.29 is 9.32 Å². The molecule has 3 heterocycles. The van der Waals surface area contributed by atoms with E-state index in [-0.39, 0.29) is 11.8 Å². The van der Waals surface area contributed by atoms with Crippen molar-refractivity contribution in [2.24, 2.45) is 0 Å². The maximum atomic E-state index is 12.9. The molecular weight excluding hydrogens is 300 g/mol. The molecule has 0 spiro atoms. The Bertz CT molecular complexity index is 824. The SMILES string of the molecule is Cc1noc2nc(C(C)C)cc(C(=O)N(C)c3nccs3)c12. The van der Waals surface area contributed by atoms with Crippen molar-refractivity contribution in [1.29, 1.82) is 0 Å². The van der Waals surface area contributed by atoms with E-state index in [1.165, 1.54) is 16.2 Å². The molecule has 0 fully saturated rings. The summed E-state index contributed by atoms with van der Waals surface area (Å²) >= 11 is 1.42. The third-order valence-corrected chi connectivity index (χ3v) is 4.32. The van der Waals surface area contributed by atoms with Crippen LogP contribution in [0.25, 0.3) is 11.1 Å². The largest absolute Gasteiger partial charge is 0.336 e. The molecule has 1 amide bonds. The van der Waals surface area contributed by atoms with E-state index in [4.69, 9.17) is 4.52 Å². The first-order valence-corrected chi connectivity index (χ1v) is 7.81. The van der Waals surface area contributed by atoms with E-state index in [1.54, 1.807) is 13.2 Å². The van der Waals surface area contributed by atoms with Gasteiger partial charge in [0.1, 0.15) is 0 Å². The van der Waals surface area contributed by atoms with Crippen LogP contribution in [0.2, 0.25) is 0 Å². The lowest BCUT2D eigenvalue weighted by Gasteiger charge is -2.15. The Morgan fingerprint density at radius 1 is 1.41 bits per heavy atom. The van der Waals surface area contributed by atoms with E-state index in [0.29, 0.717) is 27.5 Å². The predicted octanol–water partition coefficient (Wildman–Crippen LogP) is 3.39. The number of anilines is 1. The number of pyridine rings is 1. The van der Waals surface area contributed by atoms with Crippen LogP contribution in [0.5, 0.6) is 0 Å². The van der Waals surface area contributed by atoms with E-state index in [1.807, 2.05) is 32.2 Å². The zero-order valence-electron chi connectivity index (χ0n) is 12.8. The summed E-state index contributed by atoms with van der Waals surface area (Å²) < 4.78 is 5.26. The van der Waals surface area contributed by atoms with Gasteiger partial charge in [-0.15, -0.1) is 11.3 Å². The standard InChI is InChI=1S/C15H16N4O2S/c1-8(2)11-7-10(12-9(3)18-21-13(12)17-11)14(20)19(4)15-16-5-6-22-15/h5-8H,1-4H3. The smallest absolute Gasteiger partial charge is 0.260 e. The summed E-state index contributed by atoms with van der Waals surface area (Å²) in [6.45, 7) is 5.86. The third-order valence-electron chi connectivity index (χ3n) is 3.47. The molecule has 0 radical (unpaired) electrons. The highest BCUT2D eigenvalue weighted by atomic mass is 32.1. The van der Waals surface area contributed by atoms with Crippen LogP contribution < -0.4 is 4.90 Å². The van der Waals surface area contributed by atoms with Crippen molar-refractivity contribution in [1.82, 2.24) is 15.1 Å². The molecule has 0 aromatic carbocycles. The average Bonchev–Trinajstić information content (AvgIpc) is 3.15. The number of aromatic nitrogens is 3. The maximum Gasteiger partial charge on any atom is 0.260 e. The number of carbonyl (C=O) groups is 1. The molecule has 3 rings (SSSR count). The lowest BCUT2D eigenvalue weighted by molar-refractivity contribution is 0.0994. The molecule has 0 unspecified atom stereocenters. The lowest BCUT2D eigenvalue weighted by atomic mass is 10.0. The average molecular weight is 316 g/mol. The van der Waals surface area contributed by atoms with Gasteiger partial charge in [0.2, 0.25) is 0 Å². The molecule has 0 N–H and O–H groups in total. The molecule has 0 aliphatic carbocycles. The fourth-order valence-corrected chi connectivity index (χ4v) is 2.83. The molecule has 0 aliphatic heterocycles. The number of thiazole rings is 1. The van der Waals surface area contributed by atoms with Gasteiger partial charge in [0.05, 0.1) is 16.6 Å². The Kier molecular flexibility index (Phi) is 3.66. The molecule has 0 saturated carbocycles. The van der Waals surface area contributed by atoms with E-state index in [0.717, 1.165) is 5.69 Å². The van der Waals surface area contributed by atoms with Gasteiger partial charge < -0.3 is 4.52 Å². The Morgan fingerprint density at radius 2 is 2.18 bits per heavy atom. The highest BCUT2D eigenvalue weighted by molar-refractivity contribution is 7.13. The number of rotatable bonds is 3. The summed E-state index contributed by atoms with van der Waals surface area (Å²) in [7, 11) is 1.71. The number of aryl methyl sites for hydroxylation is 1. The van der Waals surface area contributed by atoms with E-state index >= 15 is 0 Å². The quantitative estimate of drug-likeness (QED) is 0.740. The topological polar surface area (TPSA) is 72.1 Å². The van der Waals surface area contributed by atoms with Gasteiger partial charge in [0.15, 0.2) is 5.13 Å². The minimum Gasteiger partial charge on any atom is -0.336 e. The highest BCUT2D eigenvalue weighted by Gasteiger charge is 2.23. The zero-order chi connectivity index (χ0) is 15.9. The first-order valence-electron chi connectivity index (χ1n) is 6.93. The van der Waals surface area contributed by atoms with E-state index in [9.17, 15) is 4.79 Å². The van der Waals surface area contributed by atoms with Crippen LogP contribution in [0, 0.1) is 6.92 Å². The van der Waals surface area contributed by atoms with Crippen molar-refractivity contribution in [3.05, 3.63) is 34.6 Å². The first kappa shape index (κ1) is 14.6.